The molecule has 0 bridgehead atoms. The highest BCUT2D eigenvalue weighted by atomic mass is 35.5. The Morgan fingerprint density at radius 3 is 2.73 bits per heavy atom. The maximum Gasteiger partial charge on any atom is 0.115 e. The third-order valence-electron chi connectivity index (χ3n) is 4.56. The molecule has 3 unspecified atom stereocenters. The van der Waals surface area contributed by atoms with Gasteiger partial charge < -0.3 is 15.9 Å². The Balaban J connectivity index is 1.77. The van der Waals surface area contributed by atoms with Gasteiger partial charge in [-0.25, -0.2) is 0 Å². The second-order valence-corrected chi connectivity index (χ2v) is 6.47. The topological polar surface area (TPSA) is 66.5 Å². The van der Waals surface area contributed by atoms with Crippen LogP contribution in [-0.2, 0) is 12.8 Å². The van der Waals surface area contributed by atoms with Crippen molar-refractivity contribution < 1.29 is 10.2 Å². The molecule has 1 aliphatic carbocycles. The van der Waals surface area contributed by atoms with Crippen molar-refractivity contribution in [3.63, 3.8) is 0 Å². The number of phenolic OH excluding ortho intramolecular Hbond substituents is 1. The van der Waals surface area contributed by atoms with Crippen molar-refractivity contribution in [1.82, 2.24) is 0 Å². The lowest BCUT2D eigenvalue weighted by molar-refractivity contribution is 0.112. The van der Waals surface area contributed by atoms with Crippen LogP contribution >= 0.6 is 11.6 Å². The third kappa shape index (κ3) is 3.12. The highest BCUT2D eigenvalue weighted by Gasteiger charge is 2.29. The lowest BCUT2D eigenvalue weighted by Crippen LogP contribution is -2.39. The average Bonchev–Trinajstić information content (AvgIpc) is 2.52. The lowest BCUT2D eigenvalue weighted by Gasteiger charge is -2.32. The van der Waals surface area contributed by atoms with Crippen LogP contribution in [0.15, 0.2) is 42.5 Å². The van der Waals surface area contributed by atoms with Crippen LogP contribution in [0.1, 0.15) is 29.2 Å². The van der Waals surface area contributed by atoms with Gasteiger partial charge in [-0.2, -0.15) is 0 Å². The number of aliphatic hydroxyl groups excluding tert-OH is 1. The standard InChI is InChI=1S/C18H20ClNO2/c19-15-3-1-2-13(9-15)18(22)17(20)12-5-4-11-6-7-16(21)10-14(11)8-12/h1-3,6-7,9-10,12,17-18,21-22H,4-5,8,20H2. The molecule has 0 aromatic heterocycles. The number of nitrogens with two attached hydrogens (primary N) is 1. The number of halogens is 1. The van der Waals surface area contributed by atoms with Gasteiger partial charge in [0.2, 0.25) is 0 Å². The van der Waals surface area contributed by atoms with E-state index in [9.17, 15) is 10.2 Å². The van der Waals surface area contributed by atoms with E-state index in [4.69, 9.17) is 17.3 Å². The fourth-order valence-electron chi connectivity index (χ4n) is 3.27. The molecule has 22 heavy (non-hydrogen) atoms. The van der Waals surface area contributed by atoms with Crippen LogP contribution in [-0.4, -0.2) is 16.3 Å². The van der Waals surface area contributed by atoms with Gasteiger partial charge in [0.15, 0.2) is 0 Å². The Morgan fingerprint density at radius 2 is 1.95 bits per heavy atom. The Kier molecular flexibility index (Phi) is 4.39. The zero-order valence-electron chi connectivity index (χ0n) is 12.2. The summed E-state index contributed by atoms with van der Waals surface area (Å²) in [4.78, 5) is 0. The second kappa shape index (κ2) is 6.29. The summed E-state index contributed by atoms with van der Waals surface area (Å²) in [6, 6.07) is 12.4. The van der Waals surface area contributed by atoms with E-state index in [1.807, 2.05) is 18.2 Å². The predicted molar refractivity (Wildman–Crippen MR) is 88.0 cm³/mol. The highest BCUT2D eigenvalue weighted by Crippen LogP contribution is 2.33. The van der Waals surface area contributed by atoms with Crippen LogP contribution in [0.5, 0.6) is 5.75 Å². The van der Waals surface area contributed by atoms with E-state index in [0.29, 0.717) is 5.02 Å². The summed E-state index contributed by atoms with van der Waals surface area (Å²) < 4.78 is 0. The number of hydrogen-bond acceptors (Lipinski definition) is 3. The molecule has 4 N–H and O–H groups in total. The maximum absolute atomic E-state index is 10.5. The fraction of sp³-hybridized carbons (Fsp3) is 0.333. The van der Waals surface area contributed by atoms with Crippen LogP contribution in [0.3, 0.4) is 0 Å². The Bertz CT molecular complexity index is 674. The van der Waals surface area contributed by atoms with Crippen LogP contribution in [0, 0.1) is 5.92 Å². The number of fused-ring (bicyclic) bond motifs is 1. The van der Waals surface area contributed by atoms with Gasteiger partial charge in [0.25, 0.3) is 0 Å². The van der Waals surface area contributed by atoms with E-state index in [2.05, 4.69) is 0 Å². The van der Waals surface area contributed by atoms with Gasteiger partial charge in [-0.1, -0.05) is 29.8 Å². The minimum absolute atomic E-state index is 0.184. The molecule has 0 saturated heterocycles. The molecule has 2 aromatic carbocycles. The maximum atomic E-state index is 10.5. The van der Waals surface area contributed by atoms with E-state index in [1.54, 1.807) is 24.3 Å². The molecule has 3 atom stereocenters. The van der Waals surface area contributed by atoms with Crippen molar-refractivity contribution in [2.24, 2.45) is 11.7 Å². The van der Waals surface area contributed by atoms with Crippen LogP contribution in [0.25, 0.3) is 0 Å². The Morgan fingerprint density at radius 1 is 1.14 bits per heavy atom. The number of phenols is 1. The van der Waals surface area contributed by atoms with E-state index in [0.717, 1.165) is 30.4 Å². The molecule has 0 spiro atoms. The van der Waals surface area contributed by atoms with Crippen molar-refractivity contribution in [1.29, 1.82) is 0 Å². The van der Waals surface area contributed by atoms with Crippen LogP contribution in [0.2, 0.25) is 5.02 Å². The molecular weight excluding hydrogens is 298 g/mol. The van der Waals surface area contributed by atoms with Crippen molar-refractivity contribution in [3.8, 4) is 5.75 Å². The van der Waals surface area contributed by atoms with Gasteiger partial charge in [0, 0.05) is 11.1 Å². The minimum Gasteiger partial charge on any atom is -0.508 e. The highest BCUT2D eigenvalue weighted by molar-refractivity contribution is 6.30. The molecule has 3 nitrogen and oxygen atoms in total. The first-order valence-electron chi connectivity index (χ1n) is 7.54. The van der Waals surface area contributed by atoms with Gasteiger partial charge >= 0.3 is 0 Å². The Hall–Kier alpha value is -1.55. The van der Waals surface area contributed by atoms with Crippen LogP contribution in [0.4, 0.5) is 0 Å². The summed E-state index contributed by atoms with van der Waals surface area (Å²) in [7, 11) is 0. The molecule has 2 aromatic rings. The SMILES string of the molecule is NC(C1CCc2ccc(O)cc2C1)C(O)c1cccc(Cl)c1. The van der Waals surface area contributed by atoms with Crippen LogP contribution < -0.4 is 5.73 Å². The molecule has 0 aliphatic heterocycles. The number of benzene rings is 2. The predicted octanol–water partition coefficient (Wildman–Crippen LogP) is 3.21. The third-order valence-corrected chi connectivity index (χ3v) is 4.79. The molecule has 0 saturated carbocycles. The normalized spacial score (nSPS) is 20.2. The molecule has 116 valence electrons. The number of aryl methyl sites for hydroxylation is 1. The molecule has 0 heterocycles. The van der Waals surface area contributed by atoms with Crippen molar-refractivity contribution >= 4 is 11.6 Å². The number of aliphatic hydroxyl groups is 1. The molecule has 1 aliphatic rings. The molecule has 0 amide bonds. The monoisotopic (exact) mass is 317 g/mol. The minimum atomic E-state index is -0.734. The van der Waals surface area contributed by atoms with Crippen molar-refractivity contribution in [2.45, 2.75) is 31.4 Å². The van der Waals surface area contributed by atoms with Gasteiger partial charge in [-0.05, 0) is 66.1 Å². The van der Waals surface area contributed by atoms with Gasteiger partial charge in [-0.15, -0.1) is 0 Å². The quantitative estimate of drug-likeness (QED) is 0.814. The number of aromatic hydroxyl groups is 1. The first-order chi connectivity index (χ1) is 10.5. The summed E-state index contributed by atoms with van der Waals surface area (Å²) >= 11 is 5.98. The molecule has 0 fully saturated rings. The summed E-state index contributed by atoms with van der Waals surface area (Å²) in [5.74, 6) is 0.464. The summed E-state index contributed by atoms with van der Waals surface area (Å²) in [5.41, 5.74) is 9.46. The average molecular weight is 318 g/mol. The summed E-state index contributed by atoms with van der Waals surface area (Å²) in [6.07, 6.45) is 1.91. The second-order valence-electron chi connectivity index (χ2n) is 6.03. The smallest absolute Gasteiger partial charge is 0.115 e. The van der Waals surface area contributed by atoms with Gasteiger partial charge in [0.05, 0.1) is 6.10 Å². The molecule has 3 rings (SSSR count). The first-order valence-corrected chi connectivity index (χ1v) is 7.92. The van der Waals surface area contributed by atoms with E-state index in [-0.39, 0.29) is 17.7 Å². The van der Waals surface area contributed by atoms with E-state index >= 15 is 0 Å². The number of rotatable bonds is 3. The zero-order valence-corrected chi connectivity index (χ0v) is 13.0. The van der Waals surface area contributed by atoms with E-state index in [1.165, 1.54) is 5.56 Å². The molecular formula is C18H20ClNO2. The first kappa shape index (κ1) is 15.3. The fourth-order valence-corrected chi connectivity index (χ4v) is 3.47. The summed E-state index contributed by atoms with van der Waals surface area (Å²) in [5, 5.41) is 20.8. The molecule has 0 radical (unpaired) electrons. The zero-order chi connectivity index (χ0) is 15.7. The Labute approximate surface area is 135 Å². The summed E-state index contributed by atoms with van der Waals surface area (Å²) in [6.45, 7) is 0. The van der Waals surface area contributed by atoms with Gasteiger partial charge in [-0.3, -0.25) is 0 Å². The largest absolute Gasteiger partial charge is 0.508 e. The van der Waals surface area contributed by atoms with E-state index < -0.39 is 6.10 Å². The number of hydrogen-bond donors (Lipinski definition) is 3. The van der Waals surface area contributed by atoms with Crippen molar-refractivity contribution in [2.75, 3.05) is 0 Å². The van der Waals surface area contributed by atoms with Gasteiger partial charge in [0.1, 0.15) is 5.75 Å². The molecule has 4 heteroatoms. The van der Waals surface area contributed by atoms with Crippen molar-refractivity contribution in [3.05, 3.63) is 64.2 Å². The lowest BCUT2D eigenvalue weighted by atomic mass is 9.78.